The molecule has 0 spiro atoms. The number of carbonyl (C=O) groups excluding carboxylic acids is 1. The van der Waals surface area contributed by atoms with Crippen LogP contribution < -0.4 is 14.9 Å². The summed E-state index contributed by atoms with van der Waals surface area (Å²) in [5.74, 6) is 1.99. The van der Waals surface area contributed by atoms with Crippen molar-refractivity contribution in [3.05, 3.63) is 72.0 Å². The average molecular weight is 375 g/mol. The molecule has 0 aliphatic rings. The molecule has 0 atom stereocenters. The van der Waals surface area contributed by atoms with Crippen LogP contribution in [0.15, 0.2) is 70.2 Å². The number of hydrogen-bond donors (Lipinski definition) is 1. The maximum atomic E-state index is 11.8. The lowest BCUT2D eigenvalue weighted by molar-refractivity contribution is -0.123. The number of furan rings is 1. The van der Waals surface area contributed by atoms with E-state index in [4.69, 9.17) is 19.2 Å². The highest BCUT2D eigenvalue weighted by atomic mass is 16.5. The number of methoxy groups -OCH3 is 1. The molecule has 0 unspecified atom stereocenters. The number of carbonyl (C=O) groups is 1. The summed E-state index contributed by atoms with van der Waals surface area (Å²) < 4.78 is 16.1. The first-order chi connectivity index (χ1) is 13.7. The fraction of sp³-hybridized carbons (Fsp3) is 0.0952. The normalized spacial score (nSPS) is 10.4. The molecule has 3 rings (SSSR count). The zero-order valence-electron chi connectivity index (χ0n) is 15.1. The Labute approximate surface area is 161 Å². The lowest BCUT2D eigenvalue weighted by atomic mass is 10.1. The van der Waals surface area contributed by atoms with Gasteiger partial charge in [0.2, 0.25) is 0 Å². The van der Waals surface area contributed by atoms with Crippen molar-refractivity contribution in [2.45, 2.75) is 0 Å². The lowest BCUT2D eigenvalue weighted by Crippen LogP contribution is -2.24. The Balaban J connectivity index is 1.49. The van der Waals surface area contributed by atoms with Gasteiger partial charge in [-0.2, -0.15) is 10.4 Å². The third-order valence-corrected chi connectivity index (χ3v) is 3.74. The Kier molecular flexibility index (Phi) is 6.06. The van der Waals surface area contributed by atoms with Crippen LogP contribution in [0.5, 0.6) is 11.5 Å². The molecule has 28 heavy (non-hydrogen) atoms. The molecule has 0 radical (unpaired) electrons. The van der Waals surface area contributed by atoms with E-state index in [1.807, 2.05) is 0 Å². The van der Waals surface area contributed by atoms with Crippen molar-refractivity contribution in [3.63, 3.8) is 0 Å². The first kappa shape index (κ1) is 18.7. The summed E-state index contributed by atoms with van der Waals surface area (Å²) in [6.45, 7) is -0.168. The van der Waals surface area contributed by atoms with E-state index in [1.165, 1.54) is 6.21 Å². The minimum atomic E-state index is -0.397. The molecule has 0 aliphatic heterocycles. The maximum absolute atomic E-state index is 11.8. The minimum Gasteiger partial charge on any atom is -0.497 e. The van der Waals surface area contributed by atoms with E-state index in [9.17, 15) is 4.79 Å². The molecule has 0 bridgehead atoms. The van der Waals surface area contributed by atoms with Gasteiger partial charge in [-0.15, -0.1) is 0 Å². The fourth-order valence-electron chi connectivity index (χ4n) is 2.31. The Morgan fingerprint density at radius 3 is 2.50 bits per heavy atom. The van der Waals surface area contributed by atoms with Gasteiger partial charge in [0.05, 0.1) is 25.0 Å². The number of nitrogens with zero attached hydrogens (tertiary/aromatic N) is 2. The molecule has 7 heteroatoms. The van der Waals surface area contributed by atoms with E-state index in [0.29, 0.717) is 28.6 Å². The second-order valence-electron chi connectivity index (χ2n) is 5.65. The molecule has 7 nitrogen and oxygen atoms in total. The second kappa shape index (κ2) is 9.05. The van der Waals surface area contributed by atoms with Gasteiger partial charge in [-0.25, -0.2) is 5.43 Å². The second-order valence-corrected chi connectivity index (χ2v) is 5.65. The SMILES string of the molecule is COc1ccc(OCC(=O)N/N=C/c2ccc(-c3ccc(C#N)cc3)o2)cc1. The van der Waals surface area contributed by atoms with Crippen LogP contribution in [0.3, 0.4) is 0 Å². The van der Waals surface area contributed by atoms with Crippen molar-refractivity contribution in [3.8, 4) is 28.9 Å². The van der Waals surface area contributed by atoms with Crippen molar-refractivity contribution < 1.29 is 18.7 Å². The minimum absolute atomic E-state index is 0.168. The molecule has 3 aromatic rings. The summed E-state index contributed by atoms with van der Waals surface area (Å²) >= 11 is 0. The molecule has 2 aromatic carbocycles. The highest BCUT2D eigenvalue weighted by molar-refractivity contribution is 5.81. The maximum Gasteiger partial charge on any atom is 0.277 e. The van der Waals surface area contributed by atoms with Crippen LogP contribution in [0.2, 0.25) is 0 Å². The van der Waals surface area contributed by atoms with Crippen molar-refractivity contribution in [1.82, 2.24) is 5.43 Å². The Hall–Kier alpha value is -4.05. The molecule has 0 saturated heterocycles. The quantitative estimate of drug-likeness (QED) is 0.504. The Bertz CT molecular complexity index is 999. The molecule has 1 heterocycles. The largest absolute Gasteiger partial charge is 0.497 e. The molecule has 1 N–H and O–H groups in total. The van der Waals surface area contributed by atoms with E-state index < -0.39 is 5.91 Å². The van der Waals surface area contributed by atoms with Gasteiger partial charge in [-0.1, -0.05) is 0 Å². The van der Waals surface area contributed by atoms with Crippen LogP contribution in [0, 0.1) is 11.3 Å². The molecule has 140 valence electrons. The lowest BCUT2D eigenvalue weighted by Gasteiger charge is -2.05. The Morgan fingerprint density at radius 2 is 1.82 bits per heavy atom. The number of ether oxygens (including phenoxy) is 2. The van der Waals surface area contributed by atoms with Gasteiger partial charge in [0.1, 0.15) is 23.0 Å². The van der Waals surface area contributed by atoms with E-state index in [1.54, 1.807) is 67.8 Å². The van der Waals surface area contributed by atoms with Crippen molar-refractivity contribution in [2.24, 2.45) is 5.10 Å². The third-order valence-electron chi connectivity index (χ3n) is 3.74. The number of rotatable bonds is 7. The number of nitriles is 1. The molecule has 1 amide bonds. The molecule has 0 fully saturated rings. The molecule has 0 aliphatic carbocycles. The smallest absolute Gasteiger partial charge is 0.277 e. The number of nitrogens with one attached hydrogen (secondary N) is 1. The highest BCUT2D eigenvalue weighted by Gasteiger charge is 2.05. The van der Waals surface area contributed by atoms with E-state index in [-0.39, 0.29) is 6.61 Å². The van der Waals surface area contributed by atoms with E-state index >= 15 is 0 Å². The Morgan fingerprint density at radius 1 is 1.11 bits per heavy atom. The summed E-state index contributed by atoms with van der Waals surface area (Å²) in [6.07, 6.45) is 1.40. The van der Waals surface area contributed by atoms with Crippen molar-refractivity contribution in [2.75, 3.05) is 13.7 Å². The van der Waals surface area contributed by atoms with Gasteiger partial charge < -0.3 is 13.9 Å². The highest BCUT2D eigenvalue weighted by Crippen LogP contribution is 2.22. The van der Waals surface area contributed by atoms with Crippen LogP contribution in [0.25, 0.3) is 11.3 Å². The molecular formula is C21H17N3O4. The van der Waals surface area contributed by atoms with Gasteiger partial charge in [0, 0.05) is 5.56 Å². The first-order valence-electron chi connectivity index (χ1n) is 8.37. The van der Waals surface area contributed by atoms with E-state index in [2.05, 4.69) is 16.6 Å². The van der Waals surface area contributed by atoms with Crippen LogP contribution in [0.4, 0.5) is 0 Å². The van der Waals surface area contributed by atoms with Crippen molar-refractivity contribution >= 4 is 12.1 Å². The predicted molar refractivity (Wildman–Crippen MR) is 103 cm³/mol. The summed E-state index contributed by atoms with van der Waals surface area (Å²) in [5, 5.41) is 12.7. The number of benzene rings is 2. The van der Waals surface area contributed by atoms with Gasteiger partial charge >= 0.3 is 0 Å². The zero-order valence-corrected chi connectivity index (χ0v) is 15.1. The zero-order chi connectivity index (χ0) is 19.8. The monoisotopic (exact) mass is 375 g/mol. The van der Waals surface area contributed by atoms with Gasteiger partial charge in [-0.3, -0.25) is 4.79 Å². The average Bonchev–Trinajstić information content (AvgIpc) is 3.21. The topological polar surface area (TPSA) is 96.9 Å². The van der Waals surface area contributed by atoms with Crippen molar-refractivity contribution in [1.29, 1.82) is 5.26 Å². The summed E-state index contributed by atoms with van der Waals surface area (Å²) in [6, 6.07) is 19.5. The van der Waals surface area contributed by atoms with Crippen LogP contribution >= 0.6 is 0 Å². The molecule has 1 aromatic heterocycles. The molecule has 0 saturated carbocycles. The van der Waals surface area contributed by atoms with Crippen LogP contribution in [0.1, 0.15) is 11.3 Å². The van der Waals surface area contributed by atoms with E-state index in [0.717, 1.165) is 5.56 Å². The first-order valence-corrected chi connectivity index (χ1v) is 8.37. The summed E-state index contributed by atoms with van der Waals surface area (Å²) in [7, 11) is 1.58. The van der Waals surface area contributed by atoms with Gasteiger partial charge in [0.25, 0.3) is 5.91 Å². The van der Waals surface area contributed by atoms with Gasteiger partial charge in [-0.05, 0) is 60.7 Å². The molecular weight excluding hydrogens is 358 g/mol. The standard InChI is InChI=1S/C21H17N3O4/c1-26-17-6-8-18(9-7-17)27-14-21(25)24-23-13-19-10-11-20(28-19)16-4-2-15(12-22)3-5-16/h2-11,13H,14H2,1H3,(H,24,25)/b23-13+. The summed E-state index contributed by atoms with van der Waals surface area (Å²) in [4.78, 5) is 11.8. The predicted octanol–water partition coefficient (Wildman–Crippen LogP) is 3.36. The van der Waals surface area contributed by atoms with Crippen LogP contribution in [-0.2, 0) is 4.79 Å². The number of amides is 1. The third kappa shape index (κ3) is 4.99. The van der Waals surface area contributed by atoms with Gasteiger partial charge in [0.15, 0.2) is 6.61 Å². The fourth-order valence-corrected chi connectivity index (χ4v) is 2.31. The number of hydrogen-bond acceptors (Lipinski definition) is 6. The number of hydrazone groups is 1. The van der Waals surface area contributed by atoms with Crippen LogP contribution in [-0.4, -0.2) is 25.8 Å². The summed E-state index contributed by atoms with van der Waals surface area (Å²) in [5.41, 5.74) is 3.80.